The van der Waals surface area contributed by atoms with Gasteiger partial charge in [0.2, 0.25) is 5.95 Å². The minimum absolute atomic E-state index is 0.0724. The smallest absolute Gasteiger partial charge is 0.225 e. The Morgan fingerprint density at radius 2 is 1.79 bits per heavy atom. The van der Waals surface area contributed by atoms with Gasteiger partial charge in [-0.1, -0.05) is 12.1 Å². The lowest BCUT2D eigenvalue weighted by molar-refractivity contribution is 0.0648. The first-order valence-electron chi connectivity index (χ1n) is 8.02. The predicted octanol–water partition coefficient (Wildman–Crippen LogP) is 1.18. The van der Waals surface area contributed by atoms with E-state index in [9.17, 15) is 9.50 Å². The van der Waals surface area contributed by atoms with Crippen LogP contribution in [0.15, 0.2) is 42.7 Å². The fraction of sp³-hybridized carbons (Fsp3) is 0.412. The number of benzene rings is 1. The van der Waals surface area contributed by atoms with E-state index >= 15 is 0 Å². The molecule has 7 heteroatoms. The van der Waals surface area contributed by atoms with Gasteiger partial charge in [0.1, 0.15) is 12.7 Å². The third-order valence-corrected chi connectivity index (χ3v) is 3.94. The van der Waals surface area contributed by atoms with Crippen LogP contribution in [0.4, 0.5) is 10.3 Å². The molecule has 1 saturated heterocycles. The van der Waals surface area contributed by atoms with Crippen molar-refractivity contribution in [2.75, 3.05) is 44.2 Å². The molecule has 1 N–H and O–H groups in total. The summed E-state index contributed by atoms with van der Waals surface area (Å²) in [5, 5.41) is 10.1. The van der Waals surface area contributed by atoms with Crippen LogP contribution in [0.25, 0.3) is 0 Å². The average molecular weight is 332 g/mol. The molecule has 1 aliphatic rings. The molecule has 1 aliphatic heterocycles. The summed E-state index contributed by atoms with van der Waals surface area (Å²) < 4.78 is 18.8. The van der Waals surface area contributed by atoms with Gasteiger partial charge in [0.15, 0.2) is 11.6 Å². The van der Waals surface area contributed by atoms with E-state index < -0.39 is 11.9 Å². The van der Waals surface area contributed by atoms with Crippen molar-refractivity contribution in [3.8, 4) is 5.75 Å². The molecule has 1 fully saturated rings. The first-order chi connectivity index (χ1) is 11.7. The van der Waals surface area contributed by atoms with Gasteiger partial charge in [0.05, 0.1) is 0 Å². The van der Waals surface area contributed by atoms with E-state index in [1.165, 1.54) is 6.07 Å². The first kappa shape index (κ1) is 16.6. The zero-order valence-corrected chi connectivity index (χ0v) is 13.4. The van der Waals surface area contributed by atoms with E-state index in [-0.39, 0.29) is 12.4 Å². The van der Waals surface area contributed by atoms with Crippen molar-refractivity contribution in [2.24, 2.45) is 0 Å². The van der Waals surface area contributed by atoms with Crippen LogP contribution >= 0.6 is 0 Å². The first-order valence-corrected chi connectivity index (χ1v) is 8.02. The topological polar surface area (TPSA) is 61.7 Å². The molecule has 0 bridgehead atoms. The number of aromatic nitrogens is 2. The van der Waals surface area contributed by atoms with Crippen molar-refractivity contribution in [1.29, 1.82) is 0 Å². The summed E-state index contributed by atoms with van der Waals surface area (Å²) in [6.45, 7) is 3.82. The Hall–Kier alpha value is -2.25. The number of halogens is 1. The quantitative estimate of drug-likeness (QED) is 0.857. The van der Waals surface area contributed by atoms with Gasteiger partial charge >= 0.3 is 0 Å². The summed E-state index contributed by atoms with van der Waals surface area (Å²) in [6.07, 6.45) is 2.81. The van der Waals surface area contributed by atoms with Gasteiger partial charge in [0.25, 0.3) is 0 Å². The summed E-state index contributed by atoms with van der Waals surface area (Å²) in [5.74, 6) is 0.490. The van der Waals surface area contributed by atoms with Gasteiger partial charge < -0.3 is 14.7 Å². The van der Waals surface area contributed by atoms with E-state index in [0.29, 0.717) is 6.54 Å². The van der Waals surface area contributed by atoms with Gasteiger partial charge in [0, 0.05) is 45.1 Å². The van der Waals surface area contributed by atoms with Crippen LogP contribution in [0.3, 0.4) is 0 Å². The van der Waals surface area contributed by atoms with Crippen LogP contribution in [0.1, 0.15) is 0 Å². The highest BCUT2D eigenvalue weighted by Crippen LogP contribution is 2.16. The Morgan fingerprint density at radius 3 is 2.50 bits per heavy atom. The number of aliphatic hydroxyl groups excluding tert-OH is 1. The molecule has 1 aromatic carbocycles. The highest BCUT2D eigenvalue weighted by molar-refractivity contribution is 5.29. The third kappa shape index (κ3) is 4.39. The molecule has 0 spiro atoms. The fourth-order valence-electron chi connectivity index (χ4n) is 2.68. The number of piperazine rings is 1. The molecule has 3 rings (SSSR count). The molecule has 1 atom stereocenters. The molecule has 6 nitrogen and oxygen atoms in total. The molecule has 0 amide bonds. The summed E-state index contributed by atoms with van der Waals surface area (Å²) in [6, 6.07) is 8.00. The van der Waals surface area contributed by atoms with Crippen molar-refractivity contribution in [3.05, 3.63) is 48.5 Å². The summed E-state index contributed by atoms with van der Waals surface area (Å²) >= 11 is 0. The molecular weight excluding hydrogens is 311 g/mol. The van der Waals surface area contributed by atoms with Crippen LogP contribution in [0.5, 0.6) is 5.75 Å². The minimum Gasteiger partial charge on any atom is -0.488 e. The highest BCUT2D eigenvalue weighted by atomic mass is 19.1. The largest absolute Gasteiger partial charge is 0.488 e. The number of rotatable bonds is 6. The highest BCUT2D eigenvalue weighted by Gasteiger charge is 2.21. The third-order valence-electron chi connectivity index (χ3n) is 3.94. The minimum atomic E-state index is -0.663. The molecule has 24 heavy (non-hydrogen) atoms. The van der Waals surface area contributed by atoms with E-state index in [2.05, 4.69) is 19.8 Å². The Kier molecular flexibility index (Phi) is 5.55. The summed E-state index contributed by atoms with van der Waals surface area (Å²) in [7, 11) is 0. The maximum absolute atomic E-state index is 13.5. The molecule has 1 unspecified atom stereocenters. The average Bonchev–Trinajstić information content (AvgIpc) is 2.62. The second-order valence-corrected chi connectivity index (χ2v) is 5.73. The molecule has 2 heterocycles. The number of anilines is 1. The number of aliphatic hydroxyl groups is 1. The van der Waals surface area contributed by atoms with Crippen LogP contribution in [-0.2, 0) is 0 Å². The fourth-order valence-corrected chi connectivity index (χ4v) is 2.68. The van der Waals surface area contributed by atoms with Crippen LogP contribution in [0, 0.1) is 5.82 Å². The number of hydrogen-bond acceptors (Lipinski definition) is 6. The van der Waals surface area contributed by atoms with Crippen molar-refractivity contribution in [3.63, 3.8) is 0 Å². The lowest BCUT2D eigenvalue weighted by Crippen LogP contribution is -2.49. The lowest BCUT2D eigenvalue weighted by atomic mass is 10.2. The Morgan fingerprint density at radius 1 is 1.08 bits per heavy atom. The van der Waals surface area contributed by atoms with E-state index in [1.807, 2.05) is 0 Å². The standard InChI is InChI=1S/C17H21FN4O2/c18-15-4-1-2-5-16(15)24-13-14(23)12-21-8-10-22(11-9-21)17-19-6-3-7-20-17/h1-7,14,23H,8-13H2. The van der Waals surface area contributed by atoms with Crippen molar-refractivity contribution in [1.82, 2.24) is 14.9 Å². The monoisotopic (exact) mass is 332 g/mol. The SMILES string of the molecule is OC(COc1ccccc1F)CN1CCN(c2ncccn2)CC1. The second kappa shape index (κ2) is 8.03. The van der Waals surface area contributed by atoms with Crippen molar-refractivity contribution >= 4 is 5.95 Å². The van der Waals surface area contributed by atoms with Crippen LogP contribution < -0.4 is 9.64 Å². The number of para-hydroxylation sites is 1. The second-order valence-electron chi connectivity index (χ2n) is 5.73. The van der Waals surface area contributed by atoms with E-state index in [0.717, 1.165) is 32.1 Å². The molecule has 0 saturated carbocycles. The van der Waals surface area contributed by atoms with E-state index in [1.54, 1.807) is 36.7 Å². The normalized spacial score (nSPS) is 16.8. The zero-order chi connectivity index (χ0) is 16.8. The number of nitrogens with zero attached hydrogens (tertiary/aromatic N) is 4. The molecule has 128 valence electrons. The Labute approximate surface area is 140 Å². The summed E-state index contributed by atoms with van der Waals surface area (Å²) in [5.41, 5.74) is 0. The van der Waals surface area contributed by atoms with Crippen LogP contribution in [-0.4, -0.2) is 65.4 Å². The Bertz CT molecular complexity index is 635. The molecular formula is C17H21FN4O2. The number of ether oxygens (including phenoxy) is 1. The van der Waals surface area contributed by atoms with Crippen molar-refractivity contribution < 1.29 is 14.2 Å². The van der Waals surface area contributed by atoms with E-state index in [4.69, 9.17) is 4.74 Å². The summed E-state index contributed by atoms with van der Waals surface area (Å²) in [4.78, 5) is 12.8. The Balaban J connectivity index is 1.42. The van der Waals surface area contributed by atoms with Crippen LogP contribution in [0.2, 0.25) is 0 Å². The van der Waals surface area contributed by atoms with Gasteiger partial charge in [-0.15, -0.1) is 0 Å². The van der Waals surface area contributed by atoms with Gasteiger partial charge in [-0.05, 0) is 18.2 Å². The molecule has 0 radical (unpaired) electrons. The molecule has 0 aliphatic carbocycles. The molecule has 2 aromatic rings. The van der Waals surface area contributed by atoms with Crippen molar-refractivity contribution in [2.45, 2.75) is 6.10 Å². The maximum Gasteiger partial charge on any atom is 0.225 e. The number of hydrogen-bond donors (Lipinski definition) is 1. The van der Waals surface area contributed by atoms with Gasteiger partial charge in [-0.2, -0.15) is 0 Å². The number of β-amino-alcohol motifs (C(OH)–C–C–N with tert-alkyl or cyclic N) is 1. The maximum atomic E-state index is 13.5. The lowest BCUT2D eigenvalue weighted by Gasteiger charge is -2.35. The van der Waals surface area contributed by atoms with Gasteiger partial charge in [-0.3, -0.25) is 4.90 Å². The zero-order valence-electron chi connectivity index (χ0n) is 13.4. The molecule has 1 aromatic heterocycles. The van der Waals surface area contributed by atoms with Gasteiger partial charge in [-0.25, -0.2) is 14.4 Å². The predicted molar refractivity (Wildman–Crippen MR) is 88.6 cm³/mol.